The van der Waals surface area contributed by atoms with Gasteiger partial charge in [-0.2, -0.15) is 9.97 Å². The number of H-pyrrole nitrogens is 1. The first-order chi connectivity index (χ1) is 9.35. The highest BCUT2D eigenvalue weighted by atomic mass is 35.5. The number of aromatic nitrogens is 4. The van der Waals surface area contributed by atoms with Crippen molar-refractivity contribution in [3.63, 3.8) is 0 Å². The zero-order valence-electron chi connectivity index (χ0n) is 11.6. The molecule has 7 nitrogen and oxygen atoms in total. The zero-order valence-corrected chi connectivity index (χ0v) is 12.4. The van der Waals surface area contributed by atoms with Crippen LogP contribution in [0.25, 0.3) is 11.2 Å². The molecule has 0 unspecified atom stereocenters. The lowest BCUT2D eigenvalue weighted by Gasteiger charge is -2.20. The number of hydrogen-bond donors (Lipinski definition) is 3. The molecule has 0 saturated carbocycles. The van der Waals surface area contributed by atoms with Gasteiger partial charge in [0.05, 0.1) is 6.33 Å². The van der Waals surface area contributed by atoms with Crippen LogP contribution >= 0.6 is 11.6 Å². The number of hydrogen-bond acceptors (Lipinski definition) is 5. The third-order valence-corrected chi connectivity index (χ3v) is 2.59. The Balaban J connectivity index is 1.96. The predicted octanol–water partition coefficient (Wildman–Crippen LogP) is 1.72. The van der Waals surface area contributed by atoms with E-state index in [1.165, 1.54) is 6.33 Å². The van der Waals surface area contributed by atoms with E-state index in [9.17, 15) is 4.79 Å². The van der Waals surface area contributed by atoms with Crippen molar-refractivity contribution < 1.29 is 4.79 Å². The van der Waals surface area contributed by atoms with Crippen molar-refractivity contribution >= 4 is 34.5 Å². The van der Waals surface area contributed by atoms with Crippen molar-refractivity contribution in [3.8, 4) is 0 Å². The Bertz CT molecular complexity index is 618. The first kappa shape index (κ1) is 14.5. The SMILES string of the molecule is CC(C)(C)NC(=O)CCNc1nc(Cl)nc2nc[nH]c12. The highest BCUT2D eigenvalue weighted by Crippen LogP contribution is 2.18. The molecule has 2 rings (SSSR count). The standard InChI is InChI=1S/C12H17ClN6O/c1-12(2,3)19-7(20)4-5-14-9-8-10(16-6-15-8)18-11(13)17-9/h6H,4-5H2,1-3H3,(H,19,20)(H2,14,15,16,17,18). The average Bonchev–Trinajstić information content (AvgIpc) is 2.74. The number of carbonyl (C=O) groups is 1. The summed E-state index contributed by atoms with van der Waals surface area (Å²) in [4.78, 5) is 26.7. The largest absolute Gasteiger partial charge is 0.368 e. The average molecular weight is 297 g/mol. The molecule has 0 aliphatic rings. The van der Waals surface area contributed by atoms with Crippen molar-refractivity contribution in [2.75, 3.05) is 11.9 Å². The molecule has 0 aliphatic heterocycles. The fraction of sp³-hybridized carbons (Fsp3) is 0.500. The Labute approximate surface area is 121 Å². The minimum atomic E-state index is -0.230. The summed E-state index contributed by atoms with van der Waals surface area (Å²) in [6.07, 6.45) is 1.86. The molecule has 0 bridgehead atoms. The number of rotatable bonds is 4. The number of nitrogens with zero attached hydrogens (tertiary/aromatic N) is 3. The summed E-state index contributed by atoms with van der Waals surface area (Å²) in [7, 11) is 0. The van der Waals surface area contributed by atoms with E-state index in [1.54, 1.807) is 0 Å². The monoisotopic (exact) mass is 296 g/mol. The molecule has 2 aromatic heterocycles. The van der Waals surface area contributed by atoms with Gasteiger partial charge in [-0.25, -0.2) is 4.98 Å². The molecule has 1 amide bonds. The van der Waals surface area contributed by atoms with Crippen LogP contribution in [0.3, 0.4) is 0 Å². The maximum atomic E-state index is 11.7. The summed E-state index contributed by atoms with van der Waals surface area (Å²) in [5.74, 6) is 0.520. The van der Waals surface area contributed by atoms with E-state index >= 15 is 0 Å². The van der Waals surface area contributed by atoms with Crippen LogP contribution in [0.2, 0.25) is 5.28 Å². The summed E-state index contributed by atoms with van der Waals surface area (Å²) in [5, 5.41) is 6.07. The Morgan fingerprint density at radius 1 is 1.40 bits per heavy atom. The number of halogens is 1. The van der Waals surface area contributed by atoms with E-state index in [-0.39, 0.29) is 16.7 Å². The maximum absolute atomic E-state index is 11.7. The number of fused-ring (bicyclic) bond motifs is 1. The Kier molecular flexibility index (Phi) is 4.08. The van der Waals surface area contributed by atoms with Crippen LogP contribution in [0.5, 0.6) is 0 Å². The molecule has 0 aliphatic carbocycles. The van der Waals surface area contributed by atoms with Crippen molar-refractivity contribution in [2.24, 2.45) is 0 Å². The molecule has 0 radical (unpaired) electrons. The number of anilines is 1. The second-order valence-corrected chi connectivity index (χ2v) is 5.76. The fourth-order valence-electron chi connectivity index (χ4n) is 1.71. The van der Waals surface area contributed by atoms with Crippen LogP contribution in [-0.4, -0.2) is 37.9 Å². The summed E-state index contributed by atoms with van der Waals surface area (Å²) in [6, 6.07) is 0. The highest BCUT2D eigenvalue weighted by molar-refractivity contribution is 6.28. The Morgan fingerprint density at radius 2 is 2.15 bits per heavy atom. The van der Waals surface area contributed by atoms with Crippen LogP contribution < -0.4 is 10.6 Å². The number of aromatic amines is 1. The Morgan fingerprint density at radius 3 is 2.85 bits per heavy atom. The second kappa shape index (κ2) is 5.62. The molecule has 0 spiro atoms. The zero-order chi connectivity index (χ0) is 14.8. The summed E-state index contributed by atoms with van der Waals surface area (Å²) < 4.78 is 0. The van der Waals surface area contributed by atoms with E-state index < -0.39 is 0 Å². The molecule has 0 atom stereocenters. The first-order valence-electron chi connectivity index (χ1n) is 6.27. The fourth-order valence-corrected chi connectivity index (χ4v) is 1.87. The maximum Gasteiger partial charge on any atom is 0.226 e. The molecule has 8 heteroatoms. The number of nitrogens with one attached hydrogen (secondary N) is 3. The van der Waals surface area contributed by atoms with Crippen LogP contribution in [-0.2, 0) is 4.79 Å². The van der Waals surface area contributed by atoms with Gasteiger partial charge in [0, 0.05) is 18.5 Å². The van der Waals surface area contributed by atoms with Gasteiger partial charge < -0.3 is 15.6 Å². The van der Waals surface area contributed by atoms with Gasteiger partial charge in [0.1, 0.15) is 5.52 Å². The molecule has 2 aromatic rings. The molecule has 2 heterocycles. The van der Waals surface area contributed by atoms with E-state index in [1.807, 2.05) is 20.8 Å². The smallest absolute Gasteiger partial charge is 0.226 e. The minimum Gasteiger partial charge on any atom is -0.368 e. The second-order valence-electron chi connectivity index (χ2n) is 5.42. The number of imidazole rings is 1. The molecule has 0 aromatic carbocycles. The van der Waals surface area contributed by atoms with Gasteiger partial charge in [-0.3, -0.25) is 4.79 Å². The lowest BCUT2D eigenvalue weighted by Crippen LogP contribution is -2.41. The Hall–Kier alpha value is -1.89. The van der Waals surface area contributed by atoms with Crippen molar-refractivity contribution in [3.05, 3.63) is 11.6 Å². The van der Waals surface area contributed by atoms with E-state index in [4.69, 9.17) is 11.6 Å². The molecule has 20 heavy (non-hydrogen) atoms. The summed E-state index contributed by atoms with van der Waals surface area (Å²) in [5.41, 5.74) is 0.934. The molecule has 108 valence electrons. The minimum absolute atomic E-state index is 0.0222. The van der Waals surface area contributed by atoms with Gasteiger partial charge in [-0.05, 0) is 32.4 Å². The van der Waals surface area contributed by atoms with E-state index in [0.29, 0.717) is 29.9 Å². The van der Waals surface area contributed by atoms with Crippen molar-refractivity contribution in [1.29, 1.82) is 0 Å². The normalized spacial score (nSPS) is 11.6. The van der Waals surface area contributed by atoms with Gasteiger partial charge in [-0.15, -0.1) is 0 Å². The van der Waals surface area contributed by atoms with Gasteiger partial charge in [0.2, 0.25) is 11.2 Å². The first-order valence-corrected chi connectivity index (χ1v) is 6.64. The van der Waals surface area contributed by atoms with Crippen molar-refractivity contribution in [1.82, 2.24) is 25.3 Å². The van der Waals surface area contributed by atoms with Gasteiger partial charge in [0.15, 0.2) is 11.5 Å². The van der Waals surface area contributed by atoms with Crippen molar-refractivity contribution in [2.45, 2.75) is 32.7 Å². The number of carbonyl (C=O) groups excluding carboxylic acids is 1. The van der Waals surface area contributed by atoms with Crippen LogP contribution in [0.15, 0.2) is 6.33 Å². The topological polar surface area (TPSA) is 95.6 Å². The van der Waals surface area contributed by atoms with E-state index in [2.05, 4.69) is 30.6 Å². The predicted molar refractivity (Wildman–Crippen MR) is 77.7 cm³/mol. The van der Waals surface area contributed by atoms with Gasteiger partial charge in [0.25, 0.3) is 0 Å². The summed E-state index contributed by atoms with van der Waals surface area (Å²) >= 11 is 5.81. The molecular formula is C12H17ClN6O. The lowest BCUT2D eigenvalue weighted by atomic mass is 10.1. The quantitative estimate of drug-likeness (QED) is 0.747. The van der Waals surface area contributed by atoms with Crippen LogP contribution in [0.1, 0.15) is 27.2 Å². The highest BCUT2D eigenvalue weighted by Gasteiger charge is 2.14. The van der Waals surface area contributed by atoms with Gasteiger partial charge in [-0.1, -0.05) is 0 Å². The van der Waals surface area contributed by atoms with Crippen LogP contribution in [0, 0.1) is 0 Å². The van der Waals surface area contributed by atoms with Gasteiger partial charge >= 0.3 is 0 Å². The number of amides is 1. The lowest BCUT2D eigenvalue weighted by molar-refractivity contribution is -0.122. The summed E-state index contributed by atoms with van der Waals surface area (Å²) in [6.45, 7) is 6.27. The van der Waals surface area contributed by atoms with E-state index in [0.717, 1.165) is 0 Å². The third-order valence-electron chi connectivity index (χ3n) is 2.42. The molecule has 0 saturated heterocycles. The van der Waals surface area contributed by atoms with Crippen LogP contribution in [0.4, 0.5) is 5.82 Å². The molecule has 0 fully saturated rings. The molecule has 3 N–H and O–H groups in total. The molecular weight excluding hydrogens is 280 g/mol. The third kappa shape index (κ3) is 3.80.